The maximum Gasteiger partial charge on any atom is 0.112 e. The maximum atomic E-state index is 9.05. The number of rotatable bonds is 5. The van der Waals surface area contributed by atoms with Crippen LogP contribution in [0.25, 0.3) is 0 Å². The van der Waals surface area contributed by atoms with Crippen LogP contribution in [0.4, 0.5) is 0 Å². The van der Waals surface area contributed by atoms with Crippen LogP contribution in [-0.4, -0.2) is 56.6 Å². The predicted molar refractivity (Wildman–Crippen MR) is 41.3 cm³/mol. The molecule has 5 nitrogen and oxygen atoms in total. The fraction of sp³-hybridized carbons (Fsp3) is 0.714. The van der Waals surface area contributed by atoms with Gasteiger partial charge in [0.1, 0.15) is 24.4 Å². The summed E-state index contributed by atoms with van der Waals surface area (Å²) in [7, 11) is 0. The van der Waals surface area contributed by atoms with Crippen LogP contribution in [0, 0.1) is 0 Å². The predicted octanol–water partition coefficient (Wildman–Crippen LogP) is -2.39. The smallest absolute Gasteiger partial charge is 0.112 e. The summed E-state index contributed by atoms with van der Waals surface area (Å²) in [6.07, 6.45) is -4.87. The summed E-state index contributed by atoms with van der Waals surface area (Å²) in [5, 5.41) is 44.2. The van der Waals surface area contributed by atoms with E-state index in [9.17, 15) is 0 Å². The monoisotopic (exact) mass is 178 g/mol. The average Bonchev–Trinajstić information content (AvgIpc) is 2.12. The van der Waals surface area contributed by atoms with Gasteiger partial charge in [-0.05, 0) is 0 Å². The molecule has 5 N–H and O–H groups in total. The zero-order valence-corrected chi connectivity index (χ0v) is 6.54. The van der Waals surface area contributed by atoms with Crippen molar-refractivity contribution in [1.82, 2.24) is 0 Å². The minimum Gasteiger partial charge on any atom is -0.394 e. The summed E-state index contributed by atoms with van der Waals surface area (Å²) in [5.74, 6) is 0. The first-order chi connectivity index (χ1) is 5.54. The lowest BCUT2D eigenvalue weighted by Gasteiger charge is -2.23. The molecule has 72 valence electrons. The Kier molecular flexibility index (Phi) is 5.03. The molecule has 0 aliphatic rings. The van der Waals surface area contributed by atoms with Crippen molar-refractivity contribution in [3.63, 3.8) is 0 Å². The Morgan fingerprint density at radius 1 is 1.08 bits per heavy atom. The third kappa shape index (κ3) is 2.88. The van der Waals surface area contributed by atoms with Gasteiger partial charge in [0.25, 0.3) is 0 Å². The van der Waals surface area contributed by atoms with Gasteiger partial charge in [-0.2, -0.15) is 0 Å². The normalized spacial score (nSPS) is 21.1. The van der Waals surface area contributed by atoms with Gasteiger partial charge in [-0.1, -0.05) is 6.08 Å². The van der Waals surface area contributed by atoms with Crippen molar-refractivity contribution in [3.8, 4) is 0 Å². The Morgan fingerprint density at radius 3 is 1.92 bits per heavy atom. The molecule has 5 heteroatoms. The van der Waals surface area contributed by atoms with Crippen molar-refractivity contribution in [2.45, 2.75) is 24.4 Å². The van der Waals surface area contributed by atoms with E-state index in [1.54, 1.807) is 0 Å². The summed E-state index contributed by atoms with van der Waals surface area (Å²) in [5.41, 5.74) is 0. The van der Waals surface area contributed by atoms with Gasteiger partial charge in [-0.25, -0.2) is 0 Å². The highest BCUT2D eigenvalue weighted by atomic mass is 16.4. The highest BCUT2D eigenvalue weighted by molar-refractivity contribution is 4.90. The molecule has 0 bridgehead atoms. The molecule has 0 aromatic heterocycles. The maximum absolute atomic E-state index is 9.05. The van der Waals surface area contributed by atoms with Crippen LogP contribution < -0.4 is 0 Å². The number of aliphatic hydroxyl groups is 5. The minimum absolute atomic E-state index is 0.678. The molecule has 0 saturated heterocycles. The molecule has 0 aromatic rings. The first kappa shape index (κ1) is 11.5. The second kappa shape index (κ2) is 5.23. The van der Waals surface area contributed by atoms with Crippen LogP contribution in [0.15, 0.2) is 12.7 Å². The summed E-state index contributed by atoms with van der Waals surface area (Å²) < 4.78 is 0. The molecular formula is C7H14O5. The summed E-state index contributed by atoms with van der Waals surface area (Å²) in [6, 6.07) is 0. The van der Waals surface area contributed by atoms with Crippen molar-refractivity contribution in [3.05, 3.63) is 12.7 Å². The van der Waals surface area contributed by atoms with Gasteiger partial charge in [-0.3, -0.25) is 0 Å². The van der Waals surface area contributed by atoms with Crippen LogP contribution in [-0.2, 0) is 0 Å². The Hall–Kier alpha value is -0.460. The average molecular weight is 178 g/mol. The van der Waals surface area contributed by atoms with E-state index in [0.29, 0.717) is 0 Å². The standard InChI is InChI=1S/C7H14O5/c1-2-4(9)6(11)7(12)5(10)3-8/h2,4-12H,1,3H2/t4-,5-,6-,7-/m0/s1. The van der Waals surface area contributed by atoms with E-state index in [4.69, 9.17) is 25.5 Å². The Labute approximate surface area is 70.2 Å². The van der Waals surface area contributed by atoms with Crippen molar-refractivity contribution in [2.24, 2.45) is 0 Å². The van der Waals surface area contributed by atoms with Gasteiger partial charge in [0.15, 0.2) is 0 Å². The van der Waals surface area contributed by atoms with Gasteiger partial charge in [0.2, 0.25) is 0 Å². The molecule has 0 fully saturated rings. The van der Waals surface area contributed by atoms with Crippen molar-refractivity contribution < 1.29 is 25.5 Å². The molecule has 0 aromatic carbocycles. The van der Waals surface area contributed by atoms with Crippen molar-refractivity contribution >= 4 is 0 Å². The van der Waals surface area contributed by atoms with E-state index in [1.807, 2.05) is 0 Å². The van der Waals surface area contributed by atoms with Crippen molar-refractivity contribution in [1.29, 1.82) is 0 Å². The molecule has 0 rings (SSSR count). The van der Waals surface area contributed by atoms with E-state index in [-0.39, 0.29) is 0 Å². The van der Waals surface area contributed by atoms with Crippen LogP contribution in [0.2, 0.25) is 0 Å². The SMILES string of the molecule is C=C[C@H](O)[C@H](O)[C@@H](O)[C@@H](O)CO. The molecule has 0 aliphatic heterocycles. The van der Waals surface area contributed by atoms with Gasteiger partial charge >= 0.3 is 0 Å². The molecule has 0 amide bonds. The molecular weight excluding hydrogens is 164 g/mol. The fourth-order valence-corrected chi connectivity index (χ4v) is 0.677. The Balaban J connectivity index is 4.07. The van der Waals surface area contributed by atoms with E-state index < -0.39 is 31.0 Å². The van der Waals surface area contributed by atoms with Crippen LogP contribution in [0.3, 0.4) is 0 Å². The van der Waals surface area contributed by atoms with E-state index in [0.717, 1.165) is 6.08 Å². The van der Waals surface area contributed by atoms with E-state index in [1.165, 1.54) is 0 Å². The zero-order valence-electron chi connectivity index (χ0n) is 6.54. The highest BCUT2D eigenvalue weighted by Gasteiger charge is 2.28. The van der Waals surface area contributed by atoms with Crippen molar-refractivity contribution in [2.75, 3.05) is 6.61 Å². The van der Waals surface area contributed by atoms with E-state index in [2.05, 4.69) is 6.58 Å². The Morgan fingerprint density at radius 2 is 1.58 bits per heavy atom. The zero-order chi connectivity index (χ0) is 9.72. The Bertz CT molecular complexity index is 138. The molecule has 0 heterocycles. The number of aliphatic hydroxyl groups excluding tert-OH is 5. The van der Waals surface area contributed by atoms with Crippen LogP contribution >= 0.6 is 0 Å². The lowest BCUT2D eigenvalue weighted by molar-refractivity contribution is -0.104. The number of hydrogen-bond acceptors (Lipinski definition) is 5. The van der Waals surface area contributed by atoms with Gasteiger partial charge in [0, 0.05) is 0 Å². The largest absolute Gasteiger partial charge is 0.394 e. The number of hydrogen-bond donors (Lipinski definition) is 5. The second-order valence-corrected chi connectivity index (χ2v) is 2.46. The molecule has 0 radical (unpaired) electrons. The first-order valence-electron chi connectivity index (χ1n) is 3.50. The molecule has 12 heavy (non-hydrogen) atoms. The summed E-state index contributed by atoms with van der Waals surface area (Å²) in [6.45, 7) is 2.51. The molecule has 0 spiro atoms. The molecule has 4 atom stereocenters. The summed E-state index contributed by atoms with van der Waals surface area (Å²) in [4.78, 5) is 0. The lowest BCUT2D eigenvalue weighted by atomic mass is 10.0. The van der Waals surface area contributed by atoms with Gasteiger partial charge in [-0.15, -0.1) is 6.58 Å². The minimum atomic E-state index is -1.58. The summed E-state index contributed by atoms with van der Waals surface area (Å²) >= 11 is 0. The molecule has 0 saturated carbocycles. The first-order valence-corrected chi connectivity index (χ1v) is 3.50. The van der Waals surface area contributed by atoms with E-state index >= 15 is 0 Å². The van der Waals surface area contributed by atoms with Gasteiger partial charge in [0.05, 0.1) is 6.61 Å². The highest BCUT2D eigenvalue weighted by Crippen LogP contribution is 2.04. The third-order valence-electron chi connectivity index (χ3n) is 1.52. The topological polar surface area (TPSA) is 101 Å². The third-order valence-corrected chi connectivity index (χ3v) is 1.52. The lowest BCUT2D eigenvalue weighted by Crippen LogP contribution is -2.45. The quantitative estimate of drug-likeness (QED) is 0.302. The van der Waals surface area contributed by atoms with Crippen LogP contribution in [0.5, 0.6) is 0 Å². The fourth-order valence-electron chi connectivity index (χ4n) is 0.677. The second-order valence-electron chi connectivity index (χ2n) is 2.46. The molecule has 0 unspecified atom stereocenters. The van der Waals surface area contributed by atoms with Crippen LogP contribution in [0.1, 0.15) is 0 Å². The molecule has 0 aliphatic carbocycles. The van der Waals surface area contributed by atoms with Gasteiger partial charge < -0.3 is 25.5 Å².